The number of carbonyl (C=O) groups excluding carboxylic acids is 4. The number of anilines is 2. The lowest BCUT2D eigenvalue weighted by molar-refractivity contribution is 0.0909. The summed E-state index contributed by atoms with van der Waals surface area (Å²) in [6.07, 6.45) is 1.74. The highest BCUT2D eigenvalue weighted by atomic mass is 32.2. The molecule has 2 aliphatic rings. The molecule has 41 heavy (non-hydrogen) atoms. The molecule has 4 heterocycles. The van der Waals surface area contributed by atoms with E-state index in [0.29, 0.717) is 9.80 Å². The number of nitrogens with one attached hydrogen (secondary N) is 4. The lowest BCUT2D eigenvalue weighted by Gasteiger charge is -2.11. The number of carbonyl (C=O) groups is 4. The van der Waals surface area contributed by atoms with E-state index in [0.717, 1.165) is 48.8 Å². The summed E-state index contributed by atoms with van der Waals surface area (Å²) in [5.41, 5.74) is -5.81. The van der Waals surface area contributed by atoms with Gasteiger partial charge in [0.1, 0.15) is 11.4 Å². The maximum atomic E-state index is 13.5. The number of benzene rings is 2. The van der Waals surface area contributed by atoms with Gasteiger partial charge in [-0.1, -0.05) is 0 Å². The Morgan fingerprint density at radius 3 is 1.24 bits per heavy atom. The van der Waals surface area contributed by atoms with E-state index in [-0.39, 0.29) is 22.3 Å². The minimum Gasteiger partial charge on any atom is -0.312 e. The number of rotatable bonds is 4. The zero-order valence-electron chi connectivity index (χ0n) is 20.0. The van der Waals surface area contributed by atoms with Crippen LogP contribution in [0.4, 0.5) is 11.4 Å². The third-order valence-corrected chi connectivity index (χ3v) is 8.17. The number of fused-ring (bicyclic) bond motifs is 2. The Kier molecular flexibility index (Phi) is 5.26. The number of imide groups is 2. The van der Waals surface area contributed by atoms with Gasteiger partial charge in [0.25, 0.3) is 34.7 Å². The fourth-order valence-electron chi connectivity index (χ4n) is 4.49. The van der Waals surface area contributed by atoms with E-state index in [2.05, 4.69) is 9.97 Å². The quantitative estimate of drug-likeness (QED) is 0.213. The van der Waals surface area contributed by atoms with Gasteiger partial charge in [0.05, 0.1) is 32.0 Å². The fraction of sp³-hybridized carbons (Fsp3) is 0. The maximum absolute atomic E-state index is 13.5. The average Bonchev–Trinajstić information content (AvgIpc) is 3.33. The van der Waals surface area contributed by atoms with E-state index in [1.54, 1.807) is 0 Å². The lowest BCUT2D eigenvalue weighted by atomic mass is 10.1. The molecular formula is C24H12N6O10S. The molecule has 0 aliphatic carbocycles. The van der Waals surface area contributed by atoms with Crippen molar-refractivity contribution in [1.82, 2.24) is 19.9 Å². The molecule has 2 aliphatic heterocycles. The van der Waals surface area contributed by atoms with E-state index in [1.165, 1.54) is 0 Å². The summed E-state index contributed by atoms with van der Waals surface area (Å²) in [7, 11) is -4.45. The molecule has 0 atom stereocenters. The van der Waals surface area contributed by atoms with E-state index in [9.17, 15) is 46.8 Å². The van der Waals surface area contributed by atoms with Crippen molar-refractivity contribution in [1.29, 1.82) is 0 Å². The zero-order valence-corrected chi connectivity index (χ0v) is 20.8. The summed E-state index contributed by atoms with van der Waals surface area (Å²) in [6, 6.07) is 6.11. The summed E-state index contributed by atoms with van der Waals surface area (Å²) in [6.45, 7) is 0. The molecule has 204 valence electrons. The highest BCUT2D eigenvalue weighted by Gasteiger charge is 2.41. The standard InChI is InChI=1S/C24H12N6O10S/c31-17-15(7-25-23(37)27-17)29-19(33)11-3-1-9(5-13(11)21(29)35)41(39,40)10-2-4-12-14(6-10)22(36)30(20(12)34)16-8-26-24(38)28-18(16)32/h1-8H,(H2,25,27,31,37)(H2,26,28,32,38). The molecule has 4 amide bonds. The van der Waals surface area contributed by atoms with Crippen LogP contribution in [0.2, 0.25) is 0 Å². The number of sulfone groups is 1. The van der Waals surface area contributed by atoms with Gasteiger partial charge in [-0.05, 0) is 36.4 Å². The largest absolute Gasteiger partial charge is 0.325 e. The minimum absolute atomic E-state index is 0.198. The Balaban J connectivity index is 1.38. The smallest absolute Gasteiger partial charge is 0.312 e. The van der Waals surface area contributed by atoms with Crippen molar-refractivity contribution in [3.63, 3.8) is 0 Å². The molecule has 0 spiro atoms. The predicted molar refractivity (Wildman–Crippen MR) is 136 cm³/mol. The Morgan fingerprint density at radius 2 is 0.878 bits per heavy atom. The van der Waals surface area contributed by atoms with Crippen molar-refractivity contribution in [3.8, 4) is 0 Å². The van der Waals surface area contributed by atoms with Crippen LogP contribution in [-0.4, -0.2) is 52.0 Å². The summed E-state index contributed by atoms with van der Waals surface area (Å²) < 4.78 is 27.0. The number of H-pyrrole nitrogens is 4. The zero-order chi connectivity index (χ0) is 29.4. The van der Waals surface area contributed by atoms with Crippen molar-refractivity contribution in [2.75, 3.05) is 9.80 Å². The van der Waals surface area contributed by atoms with Crippen LogP contribution in [0.3, 0.4) is 0 Å². The third-order valence-electron chi connectivity index (χ3n) is 6.42. The topological polar surface area (TPSA) is 240 Å². The van der Waals surface area contributed by atoms with Crippen molar-refractivity contribution in [3.05, 3.63) is 113 Å². The first-order valence-electron chi connectivity index (χ1n) is 11.3. The number of aromatic nitrogens is 4. The normalized spacial score (nSPS) is 14.5. The van der Waals surface area contributed by atoms with Crippen molar-refractivity contribution < 1.29 is 27.6 Å². The first kappa shape index (κ1) is 25.3. The highest BCUT2D eigenvalue weighted by Crippen LogP contribution is 2.33. The number of amides is 4. The molecule has 0 radical (unpaired) electrons. The fourth-order valence-corrected chi connectivity index (χ4v) is 5.80. The van der Waals surface area contributed by atoms with Crippen LogP contribution in [0.15, 0.2) is 77.8 Å². The Morgan fingerprint density at radius 1 is 0.512 bits per heavy atom. The Labute approximate surface area is 224 Å². The van der Waals surface area contributed by atoms with E-state index in [1.807, 2.05) is 9.97 Å². The van der Waals surface area contributed by atoms with Gasteiger partial charge in [0.15, 0.2) is 0 Å². The van der Waals surface area contributed by atoms with Gasteiger partial charge >= 0.3 is 11.4 Å². The summed E-state index contributed by atoms with van der Waals surface area (Å²) in [5.74, 6) is -3.89. The molecule has 0 saturated carbocycles. The lowest BCUT2D eigenvalue weighted by Crippen LogP contribution is -2.36. The number of nitrogens with zero attached hydrogens (tertiary/aromatic N) is 2. The van der Waals surface area contributed by atoms with E-state index in [4.69, 9.17) is 0 Å². The Bertz CT molecular complexity index is 2110. The van der Waals surface area contributed by atoms with Gasteiger partial charge in [-0.2, -0.15) is 0 Å². The molecule has 4 aromatic rings. The molecule has 17 heteroatoms. The van der Waals surface area contributed by atoms with Gasteiger partial charge < -0.3 is 9.97 Å². The van der Waals surface area contributed by atoms with Gasteiger partial charge in [-0.15, -0.1) is 0 Å². The molecule has 2 aromatic heterocycles. The van der Waals surface area contributed by atoms with Crippen LogP contribution in [-0.2, 0) is 9.84 Å². The third kappa shape index (κ3) is 3.63. The predicted octanol–water partition coefficient (Wildman–Crippen LogP) is -1.13. The molecule has 2 aromatic carbocycles. The van der Waals surface area contributed by atoms with Crippen molar-refractivity contribution >= 4 is 44.8 Å². The van der Waals surface area contributed by atoms with Gasteiger partial charge in [-0.25, -0.2) is 27.8 Å². The molecule has 0 bridgehead atoms. The van der Waals surface area contributed by atoms with Crippen molar-refractivity contribution in [2.24, 2.45) is 0 Å². The van der Waals surface area contributed by atoms with Crippen LogP contribution in [0.5, 0.6) is 0 Å². The molecular weight excluding hydrogens is 564 g/mol. The van der Waals surface area contributed by atoms with E-state index < -0.39 is 77.1 Å². The number of aromatic amines is 4. The van der Waals surface area contributed by atoms with Crippen LogP contribution >= 0.6 is 0 Å². The molecule has 0 unspecified atom stereocenters. The van der Waals surface area contributed by atoms with Crippen LogP contribution in [0.25, 0.3) is 0 Å². The van der Waals surface area contributed by atoms with Gasteiger partial charge in [-0.3, -0.25) is 38.7 Å². The average molecular weight is 576 g/mol. The van der Waals surface area contributed by atoms with Crippen LogP contribution in [0, 0.1) is 0 Å². The van der Waals surface area contributed by atoms with E-state index >= 15 is 0 Å². The van der Waals surface area contributed by atoms with Gasteiger partial charge in [0.2, 0.25) is 9.84 Å². The summed E-state index contributed by atoms with van der Waals surface area (Å²) in [5, 5.41) is 0. The van der Waals surface area contributed by atoms with Crippen LogP contribution in [0.1, 0.15) is 41.4 Å². The molecule has 4 N–H and O–H groups in total. The van der Waals surface area contributed by atoms with Gasteiger partial charge in [0, 0.05) is 12.4 Å². The molecule has 0 fully saturated rings. The number of hydrogen-bond acceptors (Lipinski definition) is 10. The molecule has 0 saturated heterocycles. The summed E-state index contributed by atoms with van der Waals surface area (Å²) in [4.78, 5) is 107. The minimum atomic E-state index is -4.45. The second-order valence-electron chi connectivity index (χ2n) is 8.72. The second kappa shape index (κ2) is 8.52. The highest BCUT2D eigenvalue weighted by molar-refractivity contribution is 7.91. The molecule has 16 nitrogen and oxygen atoms in total. The first-order valence-corrected chi connectivity index (χ1v) is 12.8. The Hall–Kier alpha value is -5.97. The SMILES string of the molecule is O=C1c2ccc(S(=O)(=O)c3ccc4c(c3)C(=O)N(c3c[nH]c(=O)[nH]c3=O)C4=O)cc2C(=O)N1c1c[nH]c(=O)[nH]c1=O. The maximum Gasteiger partial charge on any atom is 0.325 e. The monoisotopic (exact) mass is 576 g/mol. The first-order chi connectivity index (χ1) is 19.4. The van der Waals surface area contributed by atoms with Crippen LogP contribution < -0.4 is 32.3 Å². The van der Waals surface area contributed by atoms with Crippen molar-refractivity contribution in [2.45, 2.75) is 9.79 Å². The second-order valence-corrected chi connectivity index (χ2v) is 10.7. The number of hydrogen-bond donors (Lipinski definition) is 4. The molecule has 6 rings (SSSR count). The summed E-state index contributed by atoms with van der Waals surface area (Å²) >= 11 is 0.